The molecule has 1 aromatic carbocycles. The summed E-state index contributed by atoms with van der Waals surface area (Å²) >= 11 is 1.60. The molecule has 1 amide bonds. The first-order chi connectivity index (χ1) is 16.6. The van der Waals surface area contributed by atoms with E-state index < -0.39 is 0 Å². The molecule has 2 aromatic heterocycles. The topological polar surface area (TPSA) is 64.1 Å². The fourth-order valence-electron chi connectivity index (χ4n) is 5.41. The SMILES string of the molecule is CCOC(=O)N[C@H]1CC[C@@H]2[C@H](Cc3cnsc3[C@H]2/C=C/c2ccc(-c3cccc(F)c3)cn2)C1. The van der Waals surface area contributed by atoms with Crippen LogP contribution in [0.5, 0.6) is 0 Å². The quantitative estimate of drug-likeness (QED) is 0.473. The molecule has 2 aliphatic rings. The van der Waals surface area contributed by atoms with Crippen molar-refractivity contribution in [2.24, 2.45) is 11.8 Å². The molecule has 7 heteroatoms. The number of hydrogen-bond donors (Lipinski definition) is 1. The molecule has 0 saturated heterocycles. The van der Waals surface area contributed by atoms with Gasteiger partial charge in [-0.3, -0.25) is 4.98 Å². The Morgan fingerprint density at radius 2 is 2.15 bits per heavy atom. The normalized spacial score (nSPS) is 23.8. The molecule has 0 spiro atoms. The first kappa shape index (κ1) is 22.7. The second-order valence-corrected chi connectivity index (χ2v) is 9.92. The van der Waals surface area contributed by atoms with Crippen molar-refractivity contribution in [2.45, 2.75) is 44.6 Å². The van der Waals surface area contributed by atoms with Gasteiger partial charge in [-0.1, -0.05) is 24.3 Å². The van der Waals surface area contributed by atoms with Crippen LogP contribution in [0.3, 0.4) is 0 Å². The Balaban J connectivity index is 1.32. The summed E-state index contributed by atoms with van der Waals surface area (Å²) in [6, 6.07) is 10.7. The zero-order valence-corrected chi connectivity index (χ0v) is 19.9. The molecule has 4 atom stereocenters. The second-order valence-electron chi connectivity index (χ2n) is 9.09. The molecule has 34 heavy (non-hydrogen) atoms. The van der Waals surface area contributed by atoms with Gasteiger partial charge in [0.25, 0.3) is 0 Å². The van der Waals surface area contributed by atoms with Crippen LogP contribution in [0.1, 0.15) is 48.2 Å². The minimum atomic E-state index is -0.316. The minimum Gasteiger partial charge on any atom is -0.450 e. The number of nitrogens with zero attached hydrogens (tertiary/aromatic N) is 2. The lowest BCUT2D eigenvalue weighted by atomic mass is 9.64. The number of pyridine rings is 1. The second kappa shape index (κ2) is 10.1. The standard InChI is InChI=1S/C27H28FN3O2S/c1-2-33-27(32)31-23-9-10-24-19(14-23)12-20-16-30-34-26(20)25(24)11-8-22-7-6-18(15-29-22)17-4-3-5-21(28)13-17/h3-8,11,13,15-16,19,23-25H,2,9-10,12,14H2,1H3,(H,31,32)/b11-8+/t19-,23+,24-,25+/m1/s1. The summed E-state index contributed by atoms with van der Waals surface area (Å²) in [5, 5.41) is 3.04. The number of carbonyl (C=O) groups is 1. The summed E-state index contributed by atoms with van der Waals surface area (Å²) in [6.45, 7) is 2.21. The van der Waals surface area contributed by atoms with Gasteiger partial charge in [0.1, 0.15) is 5.82 Å². The van der Waals surface area contributed by atoms with E-state index in [0.717, 1.165) is 42.5 Å². The summed E-state index contributed by atoms with van der Waals surface area (Å²) < 4.78 is 23.1. The molecule has 1 N–H and O–H groups in total. The van der Waals surface area contributed by atoms with Gasteiger partial charge in [0.15, 0.2) is 0 Å². The van der Waals surface area contributed by atoms with Gasteiger partial charge in [-0.2, -0.15) is 0 Å². The van der Waals surface area contributed by atoms with Gasteiger partial charge in [-0.15, -0.1) is 0 Å². The van der Waals surface area contributed by atoms with Crippen LogP contribution in [-0.4, -0.2) is 28.1 Å². The van der Waals surface area contributed by atoms with Crippen molar-refractivity contribution in [1.29, 1.82) is 0 Å². The predicted octanol–water partition coefficient (Wildman–Crippen LogP) is 6.23. The van der Waals surface area contributed by atoms with Crippen LogP contribution in [0.15, 0.2) is 54.9 Å². The average Bonchev–Trinajstić information content (AvgIpc) is 3.30. The third-order valence-electron chi connectivity index (χ3n) is 6.98. The summed E-state index contributed by atoms with van der Waals surface area (Å²) in [7, 11) is 0. The number of benzene rings is 1. The van der Waals surface area contributed by atoms with Gasteiger partial charge in [0.05, 0.1) is 12.3 Å². The first-order valence-corrected chi connectivity index (χ1v) is 12.6. The lowest BCUT2D eigenvalue weighted by Crippen LogP contribution is -2.43. The Morgan fingerprint density at radius 3 is 2.94 bits per heavy atom. The van der Waals surface area contributed by atoms with Crippen molar-refractivity contribution in [3.63, 3.8) is 0 Å². The fraction of sp³-hybridized carbons (Fsp3) is 0.370. The maximum atomic E-state index is 13.5. The minimum absolute atomic E-state index is 0.162. The molecule has 0 radical (unpaired) electrons. The molecule has 0 bridgehead atoms. The highest BCUT2D eigenvalue weighted by atomic mass is 32.1. The lowest BCUT2D eigenvalue weighted by molar-refractivity contribution is 0.129. The number of carbonyl (C=O) groups excluding carboxylic acids is 1. The summed E-state index contributed by atoms with van der Waals surface area (Å²) in [5.74, 6) is 1.08. The third kappa shape index (κ3) is 4.89. The molecule has 5 nitrogen and oxygen atoms in total. The molecular weight excluding hydrogens is 449 g/mol. The van der Waals surface area contributed by atoms with Crippen molar-refractivity contribution in [3.8, 4) is 11.1 Å². The fourth-order valence-corrected chi connectivity index (χ4v) is 6.34. The van der Waals surface area contributed by atoms with E-state index >= 15 is 0 Å². The van der Waals surface area contributed by atoms with E-state index in [4.69, 9.17) is 4.74 Å². The van der Waals surface area contributed by atoms with Gasteiger partial charge in [-0.25, -0.2) is 13.6 Å². The summed E-state index contributed by atoms with van der Waals surface area (Å²) in [5.41, 5.74) is 3.92. The number of nitrogens with one attached hydrogen (secondary N) is 1. The van der Waals surface area contributed by atoms with E-state index in [9.17, 15) is 9.18 Å². The molecule has 0 unspecified atom stereocenters. The molecule has 1 fully saturated rings. The molecule has 3 aromatic rings. The Labute approximate surface area is 203 Å². The van der Waals surface area contributed by atoms with Crippen molar-refractivity contribution < 1.29 is 13.9 Å². The number of halogens is 1. The van der Waals surface area contributed by atoms with Crippen LogP contribution in [0.25, 0.3) is 17.2 Å². The maximum Gasteiger partial charge on any atom is 0.407 e. The van der Waals surface area contributed by atoms with Crippen LogP contribution in [-0.2, 0) is 11.2 Å². The number of hydrogen-bond acceptors (Lipinski definition) is 5. The van der Waals surface area contributed by atoms with Crippen LogP contribution in [0.4, 0.5) is 9.18 Å². The van der Waals surface area contributed by atoms with Crippen LogP contribution >= 0.6 is 11.5 Å². The first-order valence-electron chi connectivity index (χ1n) is 11.9. The Kier molecular flexibility index (Phi) is 6.72. The van der Waals surface area contributed by atoms with E-state index in [-0.39, 0.29) is 18.0 Å². The van der Waals surface area contributed by atoms with Crippen molar-refractivity contribution >= 4 is 23.7 Å². The van der Waals surface area contributed by atoms with Crippen molar-refractivity contribution in [1.82, 2.24) is 14.7 Å². The molecule has 5 rings (SSSR count). The Bertz CT molecular complexity index is 1180. The zero-order chi connectivity index (χ0) is 23.5. The number of fused-ring (bicyclic) bond motifs is 2. The number of amides is 1. The van der Waals surface area contributed by atoms with Gasteiger partial charge in [0.2, 0.25) is 0 Å². The summed E-state index contributed by atoms with van der Waals surface area (Å²) in [4.78, 5) is 17.9. The van der Waals surface area contributed by atoms with Gasteiger partial charge in [-0.05, 0) is 91.4 Å². The highest BCUT2D eigenvalue weighted by Gasteiger charge is 2.40. The Hall–Kier alpha value is -3.06. The highest BCUT2D eigenvalue weighted by molar-refractivity contribution is 7.06. The number of allylic oxidation sites excluding steroid dienone is 1. The van der Waals surface area contributed by atoms with Crippen LogP contribution in [0.2, 0.25) is 0 Å². The molecular formula is C27H28FN3O2S. The molecule has 1 saturated carbocycles. The van der Waals surface area contributed by atoms with Gasteiger partial charge in [0, 0.05) is 34.8 Å². The van der Waals surface area contributed by atoms with Crippen molar-refractivity contribution in [3.05, 3.63) is 76.8 Å². The third-order valence-corrected chi connectivity index (χ3v) is 7.92. The zero-order valence-electron chi connectivity index (χ0n) is 19.1. The van der Waals surface area contributed by atoms with Crippen LogP contribution < -0.4 is 5.32 Å². The summed E-state index contributed by atoms with van der Waals surface area (Å²) in [6.07, 6.45) is 11.8. The van der Waals surface area contributed by atoms with Gasteiger partial charge < -0.3 is 10.1 Å². The van der Waals surface area contributed by atoms with Gasteiger partial charge >= 0.3 is 6.09 Å². The van der Waals surface area contributed by atoms with E-state index in [0.29, 0.717) is 24.4 Å². The molecule has 2 heterocycles. The molecule has 2 aliphatic carbocycles. The smallest absolute Gasteiger partial charge is 0.407 e. The average molecular weight is 478 g/mol. The van der Waals surface area contributed by atoms with Crippen LogP contribution in [0, 0.1) is 17.7 Å². The highest BCUT2D eigenvalue weighted by Crippen LogP contribution is 2.48. The Morgan fingerprint density at radius 1 is 1.24 bits per heavy atom. The van der Waals surface area contributed by atoms with E-state index in [1.54, 1.807) is 23.8 Å². The van der Waals surface area contributed by atoms with E-state index in [1.807, 2.05) is 31.3 Å². The lowest BCUT2D eigenvalue weighted by Gasteiger charge is -2.42. The van der Waals surface area contributed by atoms with Crippen molar-refractivity contribution in [2.75, 3.05) is 6.61 Å². The van der Waals surface area contributed by atoms with E-state index in [1.165, 1.54) is 22.6 Å². The maximum absolute atomic E-state index is 13.5. The number of rotatable bonds is 5. The molecule has 176 valence electrons. The number of aromatic nitrogens is 2. The number of ether oxygens (including phenoxy) is 1. The molecule has 0 aliphatic heterocycles. The predicted molar refractivity (Wildman–Crippen MR) is 132 cm³/mol. The number of alkyl carbamates (subject to hydrolysis) is 1. The largest absolute Gasteiger partial charge is 0.450 e. The van der Waals surface area contributed by atoms with E-state index in [2.05, 4.69) is 26.8 Å². The monoisotopic (exact) mass is 477 g/mol.